The molecule has 5 nitrogen and oxygen atoms in total. The maximum Gasteiger partial charge on any atom is 0.228 e. The first-order valence-electron chi connectivity index (χ1n) is 10.3. The average molecular weight is 374 g/mol. The Morgan fingerprint density at radius 1 is 0.963 bits per heavy atom. The van der Waals surface area contributed by atoms with Crippen LogP contribution in [0, 0.1) is 5.41 Å². The Hall–Kier alpha value is -2.04. The highest BCUT2D eigenvalue weighted by atomic mass is 16.2. The second-order valence-electron chi connectivity index (χ2n) is 8.43. The second kappa shape index (κ2) is 9.77. The number of anilines is 2. The van der Waals surface area contributed by atoms with Crippen molar-refractivity contribution in [3.8, 4) is 0 Å². The molecule has 1 aromatic carbocycles. The number of rotatable bonds is 7. The summed E-state index contributed by atoms with van der Waals surface area (Å²) in [7, 11) is 0. The number of amides is 2. The van der Waals surface area contributed by atoms with Gasteiger partial charge in [0.25, 0.3) is 0 Å². The van der Waals surface area contributed by atoms with Crippen molar-refractivity contribution in [1.29, 1.82) is 0 Å². The van der Waals surface area contributed by atoms with Gasteiger partial charge in [-0.1, -0.05) is 47.0 Å². The molecule has 0 atom stereocenters. The van der Waals surface area contributed by atoms with Gasteiger partial charge >= 0.3 is 0 Å². The molecule has 1 aliphatic rings. The average Bonchev–Trinajstić information content (AvgIpc) is 2.65. The molecule has 1 N–H and O–H groups in total. The quantitative estimate of drug-likeness (QED) is 0.726. The van der Waals surface area contributed by atoms with Gasteiger partial charge in [-0.05, 0) is 30.7 Å². The fourth-order valence-electron chi connectivity index (χ4n) is 3.33. The lowest BCUT2D eigenvalue weighted by molar-refractivity contribution is -0.139. The molecular formula is C22H35N3O2. The lowest BCUT2D eigenvalue weighted by Gasteiger charge is -2.38. The van der Waals surface area contributed by atoms with Crippen molar-refractivity contribution in [2.24, 2.45) is 5.41 Å². The molecule has 1 aromatic rings. The predicted octanol–water partition coefficient (Wildman–Crippen LogP) is 4.29. The predicted molar refractivity (Wildman–Crippen MR) is 112 cm³/mol. The molecule has 0 radical (unpaired) electrons. The van der Waals surface area contributed by atoms with Gasteiger partial charge in [0, 0.05) is 49.4 Å². The Morgan fingerprint density at radius 3 is 2.15 bits per heavy atom. The van der Waals surface area contributed by atoms with E-state index < -0.39 is 0 Å². The largest absolute Gasteiger partial charge is 0.368 e. The number of hydrogen-bond donors (Lipinski definition) is 1. The normalized spacial score (nSPS) is 15.0. The monoisotopic (exact) mass is 373 g/mol. The molecule has 2 rings (SSSR count). The maximum absolute atomic E-state index is 12.4. The highest BCUT2D eigenvalue weighted by molar-refractivity contribution is 5.90. The molecule has 0 bridgehead atoms. The van der Waals surface area contributed by atoms with Gasteiger partial charge in [0.05, 0.1) is 0 Å². The van der Waals surface area contributed by atoms with Crippen molar-refractivity contribution >= 4 is 23.2 Å². The van der Waals surface area contributed by atoms with Crippen LogP contribution in [0.4, 0.5) is 11.4 Å². The molecule has 2 amide bonds. The molecule has 1 heterocycles. The van der Waals surface area contributed by atoms with Crippen LogP contribution in [-0.4, -0.2) is 42.9 Å². The Morgan fingerprint density at radius 2 is 1.59 bits per heavy atom. The Kier molecular flexibility index (Phi) is 7.69. The smallest absolute Gasteiger partial charge is 0.228 e. The number of nitrogens with zero attached hydrogens (tertiary/aromatic N) is 2. The fourth-order valence-corrected chi connectivity index (χ4v) is 3.33. The number of carbonyl (C=O) groups excluding carboxylic acids is 2. The van der Waals surface area contributed by atoms with Crippen LogP contribution in [0.25, 0.3) is 0 Å². The third-order valence-corrected chi connectivity index (χ3v) is 4.98. The van der Waals surface area contributed by atoms with Gasteiger partial charge in [0.2, 0.25) is 11.8 Å². The first-order chi connectivity index (χ1) is 12.8. The summed E-state index contributed by atoms with van der Waals surface area (Å²) in [6.45, 7) is 11.3. The number of unbranched alkanes of at least 4 members (excludes halogenated alkanes) is 3. The summed E-state index contributed by atoms with van der Waals surface area (Å²) >= 11 is 0. The van der Waals surface area contributed by atoms with Crippen LogP contribution in [0.3, 0.4) is 0 Å². The van der Waals surface area contributed by atoms with Gasteiger partial charge < -0.3 is 15.1 Å². The van der Waals surface area contributed by atoms with E-state index in [4.69, 9.17) is 0 Å². The topological polar surface area (TPSA) is 52.7 Å². The van der Waals surface area contributed by atoms with E-state index in [1.807, 2.05) is 49.9 Å². The zero-order valence-corrected chi connectivity index (χ0v) is 17.4. The minimum absolute atomic E-state index is 0.0909. The standard InChI is InChI=1S/C22H35N3O2/c1-5-6-7-8-9-20(26)23-18-10-12-19(13-11-18)24-14-16-25(17-15-24)21(27)22(2,3)4/h10-13H,5-9,14-17H2,1-4H3,(H,23,26). The van der Waals surface area contributed by atoms with Crippen molar-refractivity contribution in [2.45, 2.75) is 59.8 Å². The second-order valence-corrected chi connectivity index (χ2v) is 8.43. The fraction of sp³-hybridized carbons (Fsp3) is 0.636. The van der Waals surface area contributed by atoms with Gasteiger partial charge in [-0.2, -0.15) is 0 Å². The first-order valence-corrected chi connectivity index (χ1v) is 10.3. The van der Waals surface area contributed by atoms with E-state index in [2.05, 4.69) is 17.1 Å². The highest BCUT2D eigenvalue weighted by Crippen LogP contribution is 2.22. The molecule has 0 unspecified atom stereocenters. The zero-order chi connectivity index (χ0) is 19.9. The summed E-state index contributed by atoms with van der Waals surface area (Å²) in [5, 5.41) is 2.98. The van der Waals surface area contributed by atoms with Gasteiger partial charge in [-0.3, -0.25) is 9.59 Å². The molecule has 0 aromatic heterocycles. The molecule has 1 aliphatic heterocycles. The number of benzene rings is 1. The van der Waals surface area contributed by atoms with Gasteiger partial charge in [-0.25, -0.2) is 0 Å². The van der Waals surface area contributed by atoms with E-state index in [0.717, 1.165) is 50.4 Å². The molecule has 1 saturated heterocycles. The first kappa shape index (κ1) is 21.3. The van der Waals surface area contributed by atoms with Crippen molar-refractivity contribution in [2.75, 3.05) is 36.4 Å². The maximum atomic E-state index is 12.4. The van der Waals surface area contributed by atoms with Crippen molar-refractivity contribution in [3.05, 3.63) is 24.3 Å². The number of carbonyl (C=O) groups is 2. The van der Waals surface area contributed by atoms with Crippen LogP contribution in [0.15, 0.2) is 24.3 Å². The third kappa shape index (κ3) is 6.56. The minimum atomic E-state index is -0.321. The van der Waals surface area contributed by atoms with Crippen LogP contribution < -0.4 is 10.2 Å². The van der Waals surface area contributed by atoms with Crippen molar-refractivity contribution < 1.29 is 9.59 Å². The van der Waals surface area contributed by atoms with Gasteiger partial charge in [0.15, 0.2) is 0 Å². The lowest BCUT2D eigenvalue weighted by atomic mass is 9.94. The molecule has 5 heteroatoms. The molecule has 27 heavy (non-hydrogen) atoms. The molecule has 1 fully saturated rings. The lowest BCUT2D eigenvalue weighted by Crippen LogP contribution is -2.51. The van der Waals surface area contributed by atoms with Gasteiger partial charge in [-0.15, -0.1) is 0 Å². The zero-order valence-electron chi connectivity index (χ0n) is 17.4. The molecule has 0 spiro atoms. The summed E-state index contributed by atoms with van der Waals surface area (Å²) in [6, 6.07) is 8.03. The van der Waals surface area contributed by atoms with E-state index >= 15 is 0 Å². The van der Waals surface area contributed by atoms with E-state index in [-0.39, 0.29) is 17.2 Å². The molecule has 150 valence electrons. The van der Waals surface area contributed by atoms with E-state index in [9.17, 15) is 9.59 Å². The van der Waals surface area contributed by atoms with Crippen molar-refractivity contribution in [1.82, 2.24) is 4.90 Å². The molecule has 0 aliphatic carbocycles. The Labute approximate surface area is 164 Å². The number of nitrogens with one attached hydrogen (secondary N) is 1. The molecule has 0 saturated carbocycles. The van der Waals surface area contributed by atoms with Crippen LogP contribution in [0.2, 0.25) is 0 Å². The summed E-state index contributed by atoms with van der Waals surface area (Å²) in [6.07, 6.45) is 5.03. The Bertz CT molecular complexity index is 611. The Balaban J connectivity index is 1.80. The van der Waals surface area contributed by atoms with Crippen LogP contribution >= 0.6 is 0 Å². The SMILES string of the molecule is CCCCCCC(=O)Nc1ccc(N2CCN(C(=O)C(C)(C)C)CC2)cc1. The van der Waals surface area contributed by atoms with Crippen LogP contribution in [-0.2, 0) is 9.59 Å². The van der Waals surface area contributed by atoms with Gasteiger partial charge in [0.1, 0.15) is 0 Å². The highest BCUT2D eigenvalue weighted by Gasteiger charge is 2.29. The van der Waals surface area contributed by atoms with Crippen LogP contribution in [0.5, 0.6) is 0 Å². The summed E-state index contributed by atoms with van der Waals surface area (Å²) in [5.41, 5.74) is 1.66. The minimum Gasteiger partial charge on any atom is -0.368 e. The summed E-state index contributed by atoms with van der Waals surface area (Å²) < 4.78 is 0. The van der Waals surface area contributed by atoms with E-state index in [0.29, 0.717) is 6.42 Å². The van der Waals surface area contributed by atoms with E-state index in [1.165, 1.54) is 12.8 Å². The van der Waals surface area contributed by atoms with Crippen molar-refractivity contribution in [3.63, 3.8) is 0 Å². The summed E-state index contributed by atoms with van der Waals surface area (Å²) in [5.74, 6) is 0.312. The molecular weight excluding hydrogens is 338 g/mol. The third-order valence-electron chi connectivity index (χ3n) is 4.98. The van der Waals surface area contributed by atoms with Crippen LogP contribution in [0.1, 0.15) is 59.8 Å². The number of hydrogen-bond acceptors (Lipinski definition) is 3. The number of piperazine rings is 1. The summed E-state index contributed by atoms with van der Waals surface area (Å²) in [4.78, 5) is 28.6. The van der Waals surface area contributed by atoms with E-state index in [1.54, 1.807) is 0 Å².